The molecule has 0 saturated heterocycles. The molecule has 160 valence electrons. The van der Waals surface area contributed by atoms with E-state index in [-0.39, 0.29) is 14.7 Å². The van der Waals surface area contributed by atoms with Crippen molar-refractivity contribution in [3.05, 3.63) is 39.9 Å². The zero-order valence-corrected chi connectivity index (χ0v) is 22.8. The molecular formula is C22H41NO3SiSn. The van der Waals surface area contributed by atoms with Gasteiger partial charge in [-0.3, -0.25) is 0 Å². The van der Waals surface area contributed by atoms with Gasteiger partial charge in [-0.15, -0.1) is 0 Å². The van der Waals surface area contributed by atoms with Crippen LogP contribution in [0.5, 0.6) is 0 Å². The molecule has 0 spiro atoms. The first kappa shape index (κ1) is 25.6. The molecule has 1 aromatic carbocycles. The van der Waals surface area contributed by atoms with E-state index in [1.807, 2.05) is 12.1 Å². The van der Waals surface area contributed by atoms with E-state index < -0.39 is 26.7 Å². The van der Waals surface area contributed by atoms with Gasteiger partial charge >= 0.3 is 178 Å². The second kappa shape index (κ2) is 12.3. The molecule has 0 N–H and O–H groups in total. The Balaban J connectivity index is 3.42. The summed E-state index contributed by atoms with van der Waals surface area (Å²) in [6.45, 7) is 13.7. The van der Waals surface area contributed by atoms with Gasteiger partial charge in [-0.2, -0.15) is 0 Å². The molecule has 0 fully saturated rings. The van der Waals surface area contributed by atoms with E-state index in [0.29, 0.717) is 0 Å². The van der Waals surface area contributed by atoms with Gasteiger partial charge in [0.1, 0.15) is 0 Å². The average molecular weight is 514 g/mol. The predicted molar refractivity (Wildman–Crippen MR) is 125 cm³/mol. The van der Waals surface area contributed by atoms with Crippen LogP contribution in [0.2, 0.25) is 33.0 Å². The van der Waals surface area contributed by atoms with Crippen LogP contribution in [-0.4, -0.2) is 31.6 Å². The van der Waals surface area contributed by atoms with E-state index in [1.54, 1.807) is 12.1 Å². The standard InChI is InChI=1S/C10H14NO3Si.3C4H9.Sn/c1-15(2,3)14-8-9-4-6-10(7-5-9)11(12)13;3*1-3-4-2;/h4-8H,1-3H3;3*1,3-4H2,2H3;. The maximum absolute atomic E-state index is 11.1. The summed E-state index contributed by atoms with van der Waals surface area (Å²) in [6, 6.07) is 7.31. The van der Waals surface area contributed by atoms with Crippen LogP contribution in [0.15, 0.2) is 24.3 Å². The summed E-state index contributed by atoms with van der Waals surface area (Å²) in [5, 5.41) is 11.1. The van der Waals surface area contributed by atoms with Crippen LogP contribution in [-0.2, 0) is 4.43 Å². The monoisotopic (exact) mass is 515 g/mol. The van der Waals surface area contributed by atoms with Crippen molar-refractivity contribution in [2.45, 2.75) is 96.4 Å². The summed E-state index contributed by atoms with van der Waals surface area (Å²) in [5.74, 6) is 0. The van der Waals surface area contributed by atoms with E-state index in [0.717, 1.165) is 0 Å². The van der Waals surface area contributed by atoms with Crippen LogP contribution in [0, 0.1) is 10.1 Å². The van der Waals surface area contributed by atoms with Gasteiger partial charge in [0.15, 0.2) is 0 Å². The predicted octanol–water partition coefficient (Wildman–Crippen LogP) is 7.88. The first-order valence-electron chi connectivity index (χ1n) is 11.1. The zero-order valence-electron chi connectivity index (χ0n) is 18.9. The minimum atomic E-state index is -2.69. The van der Waals surface area contributed by atoms with Gasteiger partial charge in [0.2, 0.25) is 0 Å². The van der Waals surface area contributed by atoms with Gasteiger partial charge in [-0.1, -0.05) is 0 Å². The molecule has 0 aliphatic heterocycles. The van der Waals surface area contributed by atoms with Gasteiger partial charge < -0.3 is 0 Å². The Labute approximate surface area is 177 Å². The van der Waals surface area contributed by atoms with E-state index in [1.165, 1.54) is 57.4 Å². The van der Waals surface area contributed by atoms with E-state index in [4.69, 9.17) is 4.43 Å². The molecule has 0 saturated carbocycles. The first-order valence-corrected chi connectivity index (χ1v) is 22.2. The normalized spacial score (nSPS) is 13.5. The molecule has 6 heteroatoms. The number of rotatable bonds is 14. The Morgan fingerprint density at radius 1 is 0.929 bits per heavy atom. The van der Waals surface area contributed by atoms with E-state index in [2.05, 4.69) is 40.4 Å². The zero-order chi connectivity index (χ0) is 21.2. The summed E-state index contributed by atoms with van der Waals surface area (Å²) < 4.78 is 11.3. The number of nitro groups is 1. The molecule has 0 aromatic heterocycles. The topological polar surface area (TPSA) is 52.4 Å². The van der Waals surface area contributed by atoms with Gasteiger partial charge in [-0.05, 0) is 0 Å². The summed E-state index contributed by atoms with van der Waals surface area (Å²) in [5.41, 5.74) is 1.37. The van der Waals surface area contributed by atoms with Crippen molar-refractivity contribution >= 4 is 32.4 Å². The molecule has 0 radical (unpaired) electrons. The summed E-state index contributed by atoms with van der Waals surface area (Å²) in [7, 11) is -1.75. The quantitative estimate of drug-likeness (QED) is 0.144. The molecule has 1 rings (SSSR count). The molecule has 4 nitrogen and oxygen atoms in total. The van der Waals surface area contributed by atoms with Crippen molar-refractivity contribution < 1.29 is 9.35 Å². The number of unbranched alkanes of at least 4 members (excludes halogenated alkanes) is 3. The Kier molecular flexibility index (Phi) is 11.3. The third-order valence-corrected chi connectivity index (χ3v) is 23.2. The molecule has 0 amide bonds. The van der Waals surface area contributed by atoms with Gasteiger partial charge in [-0.25, -0.2) is 0 Å². The van der Waals surface area contributed by atoms with Crippen LogP contribution in [0.1, 0.15) is 69.0 Å². The second-order valence-corrected chi connectivity index (χ2v) is 27.1. The van der Waals surface area contributed by atoms with Crippen LogP contribution >= 0.6 is 0 Å². The number of hydrogen-bond donors (Lipinski definition) is 0. The maximum atomic E-state index is 11.1. The summed E-state index contributed by atoms with van der Waals surface area (Å²) in [4.78, 5) is 10.8. The van der Waals surface area contributed by atoms with E-state index in [9.17, 15) is 10.1 Å². The fourth-order valence-electron chi connectivity index (χ4n) is 4.03. The molecule has 0 heterocycles. The van der Waals surface area contributed by atoms with Crippen LogP contribution in [0.25, 0.3) is 0 Å². The average Bonchev–Trinajstić information content (AvgIpc) is 2.65. The molecule has 0 bridgehead atoms. The molecule has 1 aromatic rings. The Morgan fingerprint density at radius 3 is 1.68 bits per heavy atom. The molecular weight excluding hydrogens is 473 g/mol. The SMILES string of the molecule is CCC[CH2][Sn]([CH2]CCC)([CH2]CCC)[CH](O[Si](C)(C)C)c1ccc([N+](=O)[O-])cc1. The Morgan fingerprint density at radius 2 is 1.36 bits per heavy atom. The molecule has 0 aliphatic rings. The van der Waals surface area contributed by atoms with E-state index >= 15 is 0 Å². The fraction of sp³-hybridized carbons (Fsp3) is 0.727. The van der Waals surface area contributed by atoms with Gasteiger partial charge in [0.25, 0.3) is 0 Å². The second-order valence-electron chi connectivity index (χ2n) is 9.13. The number of hydrogen-bond acceptors (Lipinski definition) is 3. The minimum absolute atomic E-state index is 0.173. The summed E-state index contributed by atoms with van der Waals surface area (Å²) in [6.07, 6.45) is 7.58. The fourth-order valence-corrected chi connectivity index (χ4v) is 26.3. The molecule has 0 aliphatic carbocycles. The molecule has 1 atom stereocenters. The third kappa shape index (κ3) is 8.15. The third-order valence-electron chi connectivity index (χ3n) is 5.52. The van der Waals surface area contributed by atoms with Crippen LogP contribution < -0.4 is 0 Å². The van der Waals surface area contributed by atoms with Crippen LogP contribution in [0.4, 0.5) is 5.69 Å². The van der Waals surface area contributed by atoms with Crippen molar-refractivity contribution in [3.63, 3.8) is 0 Å². The Bertz CT molecular complexity index is 565. The Hall–Kier alpha value is -0.404. The number of nitrogens with zero attached hydrogens (tertiary/aromatic N) is 1. The van der Waals surface area contributed by atoms with Crippen molar-refractivity contribution in [2.75, 3.05) is 0 Å². The molecule has 1 unspecified atom stereocenters. The summed E-state index contributed by atoms with van der Waals surface area (Å²) >= 11 is -2.69. The van der Waals surface area contributed by atoms with Crippen molar-refractivity contribution in [1.29, 1.82) is 0 Å². The van der Waals surface area contributed by atoms with Gasteiger partial charge in [0.05, 0.1) is 0 Å². The molecule has 28 heavy (non-hydrogen) atoms. The van der Waals surface area contributed by atoms with Crippen LogP contribution in [0.3, 0.4) is 0 Å². The number of benzene rings is 1. The van der Waals surface area contributed by atoms with Crippen molar-refractivity contribution in [3.8, 4) is 0 Å². The van der Waals surface area contributed by atoms with Crippen molar-refractivity contribution in [1.82, 2.24) is 0 Å². The van der Waals surface area contributed by atoms with Crippen molar-refractivity contribution in [2.24, 2.45) is 0 Å². The number of nitro benzene ring substituents is 1. The first-order chi connectivity index (χ1) is 13.2. The van der Waals surface area contributed by atoms with Gasteiger partial charge in [0, 0.05) is 0 Å². The number of non-ortho nitro benzene ring substituents is 1.